The van der Waals surface area contributed by atoms with Crippen LogP contribution in [0.5, 0.6) is 11.5 Å². The lowest BCUT2D eigenvalue weighted by molar-refractivity contribution is 0.0936. The minimum atomic E-state index is -0.0543. The highest BCUT2D eigenvalue weighted by atomic mass is 16.5. The molecule has 0 N–H and O–H groups in total. The Hall–Kier alpha value is -1.51. The molecule has 0 atom stereocenters. The zero-order valence-corrected chi connectivity index (χ0v) is 10.5. The standard InChI is InChI=1S/C13H18O3/c1-8(2)13(14)10-7-11(15-4)9(3)6-12(10)16-5/h6-8H,1-5H3. The molecule has 16 heavy (non-hydrogen) atoms. The molecule has 88 valence electrons. The van der Waals surface area contributed by atoms with E-state index in [2.05, 4.69) is 0 Å². The van der Waals surface area contributed by atoms with E-state index in [0.717, 1.165) is 5.56 Å². The molecule has 0 saturated carbocycles. The van der Waals surface area contributed by atoms with Gasteiger partial charge in [0, 0.05) is 5.92 Å². The highest BCUT2D eigenvalue weighted by molar-refractivity contribution is 6.00. The highest BCUT2D eigenvalue weighted by Gasteiger charge is 2.17. The number of methoxy groups -OCH3 is 2. The van der Waals surface area contributed by atoms with E-state index in [0.29, 0.717) is 17.1 Å². The maximum Gasteiger partial charge on any atom is 0.169 e. The predicted octanol–water partition coefficient (Wildman–Crippen LogP) is 2.85. The topological polar surface area (TPSA) is 35.5 Å². The van der Waals surface area contributed by atoms with Crippen LogP contribution in [0.15, 0.2) is 12.1 Å². The molecule has 0 heterocycles. The fourth-order valence-electron chi connectivity index (χ4n) is 1.55. The zero-order chi connectivity index (χ0) is 12.3. The van der Waals surface area contributed by atoms with Crippen molar-refractivity contribution in [3.05, 3.63) is 23.3 Å². The second-order valence-electron chi connectivity index (χ2n) is 4.04. The Morgan fingerprint density at radius 3 is 2.12 bits per heavy atom. The molecular weight excluding hydrogens is 204 g/mol. The van der Waals surface area contributed by atoms with Crippen molar-refractivity contribution in [3.8, 4) is 11.5 Å². The summed E-state index contributed by atoms with van der Waals surface area (Å²) in [7, 11) is 3.16. The summed E-state index contributed by atoms with van der Waals surface area (Å²) in [5.41, 5.74) is 1.54. The molecule has 3 nitrogen and oxygen atoms in total. The van der Waals surface area contributed by atoms with Crippen LogP contribution in [0.3, 0.4) is 0 Å². The average molecular weight is 222 g/mol. The summed E-state index contributed by atoms with van der Waals surface area (Å²) in [6, 6.07) is 3.57. The first kappa shape index (κ1) is 12.6. The lowest BCUT2D eigenvalue weighted by atomic mass is 9.98. The van der Waals surface area contributed by atoms with Gasteiger partial charge in [-0.25, -0.2) is 0 Å². The summed E-state index contributed by atoms with van der Waals surface area (Å²) >= 11 is 0. The van der Waals surface area contributed by atoms with Crippen molar-refractivity contribution in [2.75, 3.05) is 14.2 Å². The van der Waals surface area contributed by atoms with Gasteiger partial charge in [-0.15, -0.1) is 0 Å². The summed E-state index contributed by atoms with van der Waals surface area (Å²) in [4.78, 5) is 12.0. The van der Waals surface area contributed by atoms with E-state index in [-0.39, 0.29) is 11.7 Å². The molecule has 0 spiro atoms. The van der Waals surface area contributed by atoms with Crippen molar-refractivity contribution in [2.45, 2.75) is 20.8 Å². The van der Waals surface area contributed by atoms with Crippen LogP contribution in [0.25, 0.3) is 0 Å². The third kappa shape index (κ3) is 2.35. The van der Waals surface area contributed by atoms with E-state index < -0.39 is 0 Å². The number of hydrogen-bond donors (Lipinski definition) is 0. The molecule has 0 radical (unpaired) electrons. The number of benzene rings is 1. The Bertz CT molecular complexity index is 394. The summed E-state index contributed by atoms with van der Waals surface area (Å²) in [5, 5.41) is 0. The van der Waals surface area contributed by atoms with Crippen LogP contribution in [0.1, 0.15) is 29.8 Å². The first-order valence-corrected chi connectivity index (χ1v) is 5.28. The van der Waals surface area contributed by atoms with Gasteiger partial charge in [0.15, 0.2) is 5.78 Å². The maximum absolute atomic E-state index is 12.0. The van der Waals surface area contributed by atoms with Gasteiger partial charge >= 0.3 is 0 Å². The summed E-state index contributed by atoms with van der Waals surface area (Å²) < 4.78 is 10.4. The smallest absolute Gasteiger partial charge is 0.169 e. The van der Waals surface area contributed by atoms with Crippen molar-refractivity contribution in [3.63, 3.8) is 0 Å². The van der Waals surface area contributed by atoms with Crippen LogP contribution >= 0.6 is 0 Å². The van der Waals surface area contributed by atoms with Crippen molar-refractivity contribution < 1.29 is 14.3 Å². The Morgan fingerprint density at radius 1 is 1.12 bits per heavy atom. The van der Waals surface area contributed by atoms with Gasteiger partial charge in [0.25, 0.3) is 0 Å². The van der Waals surface area contributed by atoms with Crippen molar-refractivity contribution in [1.82, 2.24) is 0 Å². The molecular formula is C13H18O3. The number of carbonyl (C=O) groups is 1. The second-order valence-corrected chi connectivity index (χ2v) is 4.04. The monoisotopic (exact) mass is 222 g/mol. The number of aryl methyl sites for hydroxylation is 1. The van der Waals surface area contributed by atoms with Gasteiger partial charge in [-0.2, -0.15) is 0 Å². The molecule has 0 fully saturated rings. The number of hydrogen-bond acceptors (Lipinski definition) is 3. The number of carbonyl (C=O) groups excluding carboxylic acids is 1. The zero-order valence-electron chi connectivity index (χ0n) is 10.5. The van der Waals surface area contributed by atoms with Crippen LogP contribution in [0.4, 0.5) is 0 Å². The Labute approximate surface area is 96.4 Å². The first-order chi connectivity index (χ1) is 7.51. The number of rotatable bonds is 4. The Morgan fingerprint density at radius 2 is 1.69 bits per heavy atom. The van der Waals surface area contributed by atoms with Gasteiger partial charge in [-0.05, 0) is 24.6 Å². The molecule has 3 heteroatoms. The van der Waals surface area contributed by atoms with Crippen LogP contribution < -0.4 is 9.47 Å². The largest absolute Gasteiger partial charge is 0.496 e. The molecule has 1 aromatic rings. The quantitative estimate of drug-likeness (QED) is 0.735. The van der Waals surface area contributed by atoms with Crippen molar-refractivity contribution in [1.29, 1.82) is 0 Å². The summed E-state index contributed by atoms with van der Waals surface area (Å²) in [6.07, 6.45) is 0. The van der Waals surface area contributed by atoms with Gasteiger partial charge in [0.05, 0.1) is 19.8 Å². The van der Waals surface area contributed by atoms with Crippen LogP contribution in [-0.4, -0.2) is 20.0 Å². The summed E-state index contributed by atoms with van der Waals surface area (Å²) in [6.45, 7) is 5.66. The van der Waals surface area contributed by atoms with E-state index in [1.165, 1.54) is 0 Å². The van der Waals surface area contributed by atoms with Gasteiger partial charge in [0.1, 0.15) is 11.5 Å². The van der Waals surface area contributed by atoms with E-state index >= 15 is 0 Å². The van der Waals surface area contributed by atoms with Gasteiger partial charge in [0.2, 0.25) is 0 Å². The molecule has 0 bridgehead atoms. The number of ketones is 1. The maximum atomic E-state index is 12.0. The number of ether oxygens (including phenoxy) is 2. The Kier molecular flexibility index (Phi) is 3.93. The second kappa shape index (κ2) is 5.01. The minimum absolute atomic E-state index is 0.0543. The summed E-state index contributed by atoms with van der Waals surface area (Å²) in [5.74, 6) is 1.33. The van der Waals surface area contributed by atoms with E-state index in [1.54, 1.807) is 20.3 Å². The molecule has 0 amide bonds. The predicted molar refractivity (Wildman–Crippen MR) is 63.5 cm³/mol. The normalized spacial score (nSPS) is 10.4. The van der Waals surface area contributed by atoms with E-state index in [4.69, 9.17) is 9.47 Å². The van der Waals surface area contributed by atoms with E-state index in [9.17, 15) is 4.79 Å². The highest BCUT2D eigenvalue weighted by Crippen LogP contribution is 2.29. The Balaban J connectivity index is 3.30. The molecule has 0 aliphatic carbocycles. The van der Waals surface area contributed by atoms with Gasteiger partial charge in [-0.1, -0.05) is 13.8 Å². The van der Waals surface area contributed by atoms with Gasteiger partial charge < -0.3 is 9.47 Å². The van der Waals surface area contributed by atoms with Crippen molar-refractivity contribution in [2.24, 2.45) is 5.92 Å². The molecule has 1 aromatic carbocycles. The van der Waals surface area contributed by atoms with Crippen LogP contribution in [0.2, 0.25) is 0 Å². The average Bonchev–Trinajstić information content (AvgIpc) is 2.27. The van der Waals surface area contributed by atoms with Crippen LogP contribution in [-0.2, 0) is 0 Å². The number of Topliss-reactive ketones (excluding diaryl/α,β-unsaturated/α-hetero) is 1. The van der Waals surface area contributed by atoms with Crippen molar-refractivity contribution >= 4 is 5.78 Å². The molecule has 1 rings (SSSR count). The van der Waals surface area contributed by atoms with Gasteiger partial charge in [-0.3, -0.25) is 4.79 Å². The first-order valence-electron chi connectivity index (χ1n) is 5.28. The third-order valence-corrected chi connectivity index (χ3v) is 2.51. The molecule has 0 aliphatic heterocycles. The lowest BCUT2D eigenvalue weighted by Crippen LogP contribution is -2.10. The fraction of sp³-hybridized carbons (Fsp3) is 0.462. The third-order valence-electron chi connectivity index (χ3n) is 2.51. The molecule has 0 saturated heterocycles. The fourth-order valence-corrected chi connectivity index (χ4v) is 1.55. The van der Waals surface area contributed by atoms with Crippen LogP contribution in [0, 0.1) is 12.8 Å². The minimum Gasteiger partial charge on any atom is -0.496 e. The molecule has 0 aliphatic rings. The van der Waals surface area contributed by atoms with E-state index in [1.807, 2.05) is 26.8 Å². The SMILES string of the molecule is COc1cc(C(=O)C(C)C)c(OC)cc1C. The lowest BCUT2D eigenvalue weighted by Gasteiger charge is -2.13. The molecule has 0 unspecified atom stereocenters. The molecule has 0 aromatic heterocycles.